The zero-order valence-electron chi connectivity index (χ0n) is 12.5. The minimum absolute atomic E-state index is 0.153. The molecule has 0 aliphatic rings. The molecule has 1 atom stereocenters. The summed E-state index contributed by atoms with van der Waals surface area (Å²) >= 11 is 0. The molecule has 112 valence electrons. The monoisotopic (exact) mass is 289 g/mol. The van der Waals surface area contributed by atoms with Gasteiger partial charge in [0.2, 0.25) is 0 Å². The van der Waals surface area contributed by atoms with Gasteiger partial charge in [0.1, 0.15) is 23.9 Å². The molecule has 0 spiro atoms. The van der Waals surface area contributed by atoms with Crippen molar-refractivity contribution in [2.45, 2.75) is 26.5 Å². The van der Waals surface area contributed by atoms with Gasteiger partial charge in [0, 0.05) is 17.7 Å². The molecule has 0 unspecified atom stereocenters. The normalized spacial score (nSPS) is 12.0. The van der Waals surface area contributed by atoms with Crippen LogP contribution in [0, 0.1) is 12.7 Å². The fraction of sp³-hybridized carbons (Fsp3) is 0.294. The van der Waals surface area contributed by atoms with Crippen LogP contribution in [0.15, 0.2) is 36.4 Å². The number of halogens is 1. The van der Waals surface area contributed by atoms with Gasteiger partial charge >= 0.3 is 0 Å². The van der Waals surface area contributed by atoms with E-state index in [9.17, 15) is 4.39 Å². The summed E-state index contributed by atoms with van der Waals surface area (Å²) < 4.78 is 24.3. The molecule has 0 bridgehead atoms. The molecule has 0 saturated carbocycles. The van der Waals surface area contributed by atoms with Crippen molar-refractivity contribution in [1.82, 2.24) is 0 Å². The van der Waals surface area contributed by atoms with Crippen LogP contribution >= 0.6 is 0 Å². The van der Waals surface area contributed by atoms with Gasteiger partial charge in [-0.25, -0.2) is 4.39 Å². The molecule has 4 heteroatoms. The maximum atomic E-state index is 13.3. The van der Waals surface area contributed by atoms with Crippen LogP contribution in [-0.4, -0.2) is 7.11 Å². The Balaban J connectivity index is 2.24. The van der Waals surface area contributed by atoms with Gasteiger partial charge in [-0.05, 0) is 43.2 Å². The number of benzene rings is 2. The molecule has 2 N–H and O–H groups in total. The lowest BCUT2D eigenvalue weighted by molar-refractivity contribution is 0.297. The second-order valence-electron chi connectivity index (χ2n) is 5.05. The second kappa shape index (κ2) is 6.59. The first kappa shape index (κ1) is 15.3. The minimum atomic E-state index is -0.266. The first-order valence-electron chi connectivity index (χ1n) is 6.82. The third-order valence-electron chi connectivity index (χ3n) is 3.41. The van der Waals surface area contributed by atoms with Crippen molar-refractivity contribution in [3.05, 3.63) is 58.9 Å². The molecule has 3 nitrogen and oxygen atoms in total. The molecule has 0 aliphatic heterocycles. The Hall–Kier alpha value is -2.07. The molecule has 0 aliphatic carbocycles. The maximum absolute atomic E-state index is 13.3. The van der Waals surface area contributed by atoms with Crippen LogP contribution in [0.2, 0.25) is 0 Å². The third kappa shape index (κ3) is 3.73. The van der Waals surface area contributed by atoms with Gasteiger partial charge in [0.05, 0.1) is 7.11 Å². The summed E-state index contributed by atoms with van der Waals surface area (Å²) in [6, 6.07) is 10.0. The number of hydrogen-bond acceptors (Lipinski definition) is 3. The molecule has 0 saturated heterocycles. The number of nitrogens with two attached hydrogens (primary N) is 1. The van der Waals surface area contributed by atoms with E-state index >= 15 is 0 Å². The maximum Gasteiger partial charge on any atom is 0.128 e. The van der Waals surface area contributed by atoms with Crippen molar-refractivity contribution < 1.29 is 13.9 Å². The fourth-order valence-corrected chi connectivity index (χ4v) is 2.09. The number of aryl methyl sites for hydroxylation is 1. The van der Waals surface area contributed by atoms with Gasteiger partial charge in [-0.1, -0.05) is 12.1 Å². The Morgan fingerprint density at radius 1 is 1.19 bits per heavy atom. The quantitative estimate of drug-likeness (QED) is 0.912. The first-order chi connectivity index (χ1) is 10.0. The highest BCUT2D eigenvalue weighted by Crippen LogP contribution is 2.29. The van der Waals surface area contributed by atoms with E-state index in [1.54, 1.807) is 19.2 Å². The average molecular weight is 289 g/mol. The highest BCUT2D eigenvalue weighted by Gasteiger charge is 2.11. The predicted octanol–water partition coefficient (Wildman–Crippen LogP) is 3.74. The molecule has 0 heterocycles. The summed E-state index contributed by atoms with van der Waals surface area (Å²) in [5.74, 6) is 1.09. The zero-order valence-corrected chi connectivity index (χ0v) is 12.5. The summed E-state index contributed by atoms with van der Waals surface area (Å²) in [5.41, 5.74) is 8.64. The van der Waals surface area contributed by atoms with Crippen molar-refractivity contribution in [1.29, 1.82) is 0 Å². The van der Waals surface area contributed by atoms with E-state index in [0.29, 0.717) is 11.5 Å². The molecule has 21 heavy (non-hydrogen) atoms. The lowest BCUT2D eigenvalue weighted by atomic mass is 10.1. The highest BCUT2D eigenvalue weighted by atomic mass is 19.1. The molecule has 0 aromatic heterocycles. The van der Waals surface area contributed by atoms with Crippen molar-refractivity contribution in [2.75, 3.05) is 7.11 Å². The summed E-state index contributed by atoms with van der Waals surface area (Å²) in [6.45, 7) is 4.11. The highest BCUT2D eigenvalue weighted by molar-refractivity contribution is 5.42. The van der Waals surface area contributed by atoms with Gasteiger partial charge in [-0.2, -0.15) is 0 Å². The van der Waals surface area contributed by atoms with Gasteiger partial charge in [-0.3, -0.25) is 0 Å². The first-order valence-corrected chi connectivity index (χ1v) is 6.82. The molecule has 0 fully saturated rings. The number of ether oxygens (including phenoxy) is 2. The minimum Gasteiger partial charge on any atom is -0.497 e. The van der Waals surface area contributed by atoms with Crippen LogP contribution < -0.4 is 15.2 Å². The SMILES string of the molecule is COc1ccc([C@H](C)N)c(OCc2cc(F)ccc2C)c1. The van der Waals surface area contributed by atoms with Crippen molar-refractivity contribution in [3.8, 4) is 11.5 Å². The molecule has 2 rings (SSSR count). The summed E-state index contributed by atoms with van der Waals surface area (Å²) in [7, 11) is 1.60. The smallest absolute Gasteiger partial charge is 0.128 e. The number of methoxy groups -OCH3 is 1. The van der Waals surface area contributed by atoms with E-state index in [0.717, 1.165) is 16.7 Å². The summed E-state index contributed by atoms with van der Waals surface area (Å²) in [6.07, 6.45) is 0. The average Bonchev–Trinajstić information content (AvgIpc) is 2.47. The number of rotatable bonds is 5. The van der Waals surface area contributed by atoms with E-state index in [-0.39, 0.29) is 18.5 Å². The Kier molecular flexibility index (Phi) is 4.81. The predicted molar refractivity (Wildman–Crippen MR) is 81.1 cm³/mol. The van der Waals surface area contributed by atoms with E-state index in [2.05, 4.69) is 0 Å². The zero-order chi connectivity index (χ0) is 15.4. The van der Waals surface area contributed by atoms with Crippen LogP contribution in [0.5, 0.6) is 11.5 Å². The van der Waals surface area contributed by atoms with Crippen molar-refractivity contribution >= 4 is 0 Å². The molecular weight excluding hydrogens is 269 g/mol. The largest absolute Gasteiger partial charge is 0.497 e. The van der Waals surface area contributed by atoms with Crippen LogP contribution in [0.4, 0.5) is 4.39 Å². The van der Waals surface area contributed by atoms with E-state index in [1.807, 2.05) is 26.0 Å². The fourth-order valence-electron chi connectivity index (χ4n) is 2.09. The van der Waals surface area contributed by atoms with E-state index < -0.39 is 0 Å². The molecule has 2 aromatic carbocycles. The van der Waals surface area contributed by atoms with Crippen molar-refractivity contribution in [2.24, 2.45) is 5.73 Å². The Morgan fingerprint density at radius 2 is 1.95 bits per heavy atom. The summed E-state index contributed by atoms with van der Waals surface area (Å²) in [5, 5.41) is 0. The van der Waals surface area contributed by atoms with Crippen LogP contribution in [0.3, 0.4) is 0 Å². The van der Waals surface area contributed by atoms with E-state index in [4.69, 9.17) is 15.2 Å². The second-order valence-corrected chi connectivity index (χ2v) is 5.05. The third-order valence-corrected chi connectivity index (χ3v) is 3.41. The Labute approximate surface area is 124 Å². The topological polar surface area (TPSA) is 44.5 Å². The van der Waals surface area contributed by atoms with Gasteiger partial charge in [-0.15, -0.1) is 0 Å². The van der Waals surface area contributed by atoms with Crippen LogP contribution in [0.25, 0.3) is 0 Å². The molecule has 2 aromatic rings. The molecular formula is C17H20FNO2. The van der Waals surface area contributed by atoms with E-state index in [1.165, 1.54) is 12.1 Å². The van der Waals surface area contributed by atoms with Crippen LogP contribution in [-0.2, 0) is 6.61 Å². The van der Waals surface area contributed by atoms with Gasteiger partial charge in [0.25, 0.3) is 0 Å². The number of hydrogen-bond donors (Lipinski definition) is 1. The lowest BCUT2D eigenvalue weighted by Crippen LogP contribution is -2.08. The van der Waals surface area contributed by atoms with Crippen LogP contribution in [0.1, 0.15) is 29.7 Å². The lowest BCUT2D eigenvalue weighted by Gasteiger charge is -2.16. The summed E-state index contributed by atoms with van der Waals surface area (Å²) in [4.78, 5) is 0. The van der Waals surface area contributed by atoms with Gasteiger partial charge < -0.3 is 15.2 Å². The standard InChI is InChI=1S/C17H20FNO2/c1-11-4-5-14(18)8-13(11)10-21-17-9-15(20-3)6-7-16(17)12(2)19/h4-9,12H,10,19H2,1-3H3/t12-/m0/s1. The van der Waals surface area contributed by atoms with Crippen molar-refractivity contribution in [3.63, 3.8) is 0 Å². The Morgan fingerprint density at radius 3 is 2.62 bits per heavy atom. The Bertz CT molecular complexity index is 626. The molecule has 0 radical (unpaired) electrons. The van der Waals surface area contributed by atoms with Gasteiger partial charge in [0.15, 0.2) is 0 Å². The molecule has 0 amide bonds.